The number of amides is 2. The summed E-state index contributed by atoms with van der Waals surface area (Å²) in [5, 5.41) is 2.83. The first-order valence-corrected chi connectivity index (χ1v) is 7.74. The first kappa shape index (κ1) is 15.7. The highest BCUT2D eigenvalue weighted by molar-refractivity contribution is 6.27. The van der Waals surface area contributed by atoms with E-state index in [0.717, 1.165) is 6.07 Å². The molecule has 0 aliphatic carbocycles. The van der Waals surface area contributed by atoms with Crippen molar-refractivity contribution in [1.82, 2.24) is 5.32 Å². The average molecular weight is 346 g/mol. The molecule has 0 spiro atoms. The van der Waals surface area contributed by atoms with Crippen molar-refractivity contribution in [3.05, 3.63) is 53.7 Å². The number of hydrogen-bond donors (Lipinski definition) is 1. The van der Waals surface area contributed by atoms with Gasteiger partial charge < -0.3 is 5.32 Å². The number of rotatable bonds is 1. The molecule has 0 radical (unpaired) electrons. The number of halogens is 3. The van der Waals surface area contributed by atoms with Crippen LogP contribution >= 0.6 is 0 Å². The number of nitrogens with one attached hydrogen (secondary N) is 1. The molecule has 0 aromatic heterocycles. The molecular weight excluding hydrogens is 333 g/mol. The molecule has 1 saturated heterocycles. The number of allylic oxidation sites excluding steroid dienone is 1. The molecule has 25 heavy (non-hydrogen) atoms. The minimum Gasteiger partial charge on any atom is -0.329 e. The number of benzene rings is 2. The van der Waals surface area contributed by atoms with E-state index in [1.165, 1.54) is 23.1 Å². The van der Waals surface area contributed by atoms with Gasteiger partial charge in [-0.05, 0) is 36.4 Å². The van der Waals surface area contributed by atoms with Gasteiger partial charge in [0.2, 0.25) is 5.91 Å². The predicted octanol–water partition coefficient (Wildman–Crippen LogP) is 3.61. The SMILES string of the molecule is C=C1CCC(N2C(=O)c3ccc(C(F)(F)F)c4cccc2c34)C(=O)N1. The molecule has 128 valence electrons. The minimum atomic E-state index is -4.52. The molecule has 7 heteroatoms. The third-order valence-electron chi connectivity index (χ3n) is 4.67. The van der Waals surface area contributed by atoms with Crippen molar-refractivity contribution in [2.45, 2.75) is 25.1 Å². The van der Waals surface area contributed by atoms with Crippen molar-refractivity contribution in [2.75, 3.05) is 4.90 Å². The van der Waals surface area contributed by atoms with Gasteiger partial charge in [0.05, 0.1) is 11.3 Å². The Hall–Kier alpha value is -2.83. The van der Waals surface area contributed by atoms with Crippen LogP contribution in [0.3, 0.4) is 0 Å². The molecule has 4 rings (SSSR count). The highest BCUT2D eigenvalue weighted by Gasteiger charge is 2.42. The molecule has 2 amide bonds. The summed E-state index contributed by atoms with van der Waals surface area (Å²) in [6.07, 6.45) is -3.62. The summed E-state index contributed by atoms with van der Waals surface area (Å²) < 4.78 is 39.8. The third kappa shape index (κ3) is 2.22. The van der Waals surface area contributed by atoms with Gasteiger partial charge in [0, 0.05) is 16.6 Å². The van der Waals surface area contributed by atoms with Crippen molar-refractivity contribution in [3.8, 4) is 0 Å². The second-order valence-electron chi connectivity index (χ2n) is 6.18. The van der Waals surface area contributed by atoms with E-state index in [0.29, 0.717) is 24.2 Å². The fourth-order valence-electron chi connectivity index (χ4n) is 3.57. The van der Waals surface area contributed by atoms with Gasteiger partial charge in [-0.3, -0.25) is 14.5 Å². The molecule has 2 heterocycles. The van der Waals surface area contributed by atoms with Gasteiger partial charge in [-0.15, -0.1) is 0 Å². The Morgan fingerprint density at radius 2 is 1.92 bits per heavy atom. The van der Waals surface area contributed by atoms with E-state index in [2.05, 4.69) is 11.9 Å². The van der Waals surface area contributed by atoms with Crippen molar-refractivity contribution in [3.63, 3.8) is 0 Å². The minimum absolute atomic E-state index is 0.0287. The van der Waals surface area contributed by atoms with E-state index in [1.54, 1.807) is 6.07 Å². The maximum atomic E-state index is 13.3. The lowest BCUT2D eigenvalue weighted by Gasteiger charge is -2.31. The molecule has 4 nitrogen and oxygen atoms in total. The van der Waals surface area contributed by atoms with Crippen LogP contribution in [-0.4, -0.2) is 17.9 Å². The fourth-order valence-corrected chi connectivity index (χ4v) is 3.57. The van der Waals surface area contributed by atoms with Crippen molar-refractivity contribution < 1.29 is 22.8 Å². The highest BCUT2D eigenvalue weighted by Crippen LogP contribution is 2.44. The van der Waals surface area contributed by atoms with Gasteiger partial charge in [-0.1, -0.05) is 18.7 Å². The monoisotopic (exact) mass is 346 g/mol. The summed E-state index contributed by atoms with van der Waals surface area (Å²) in [5.41, 5.74) is 0.319. The maximum absolute atomic E-state index is 13.3. The van der Waals surface area contributed by atoms with Crippen LogP contribution in [0.4, 0.5) is 18.9 Å². The molecule has 2 aromatic rings. The van der Waals surface area contributed by atoms with E-state index in [1.807, 2.05) is 0 Å². The van der Waals surface area contributed by atoms with Crippen molar-refractivity contribution in [2.24, 2.45) is 0 Å². The Morgan fingerprint density at radius 1 is 1.16 bits per heavy atom. The first-order valence-electron chi connectivity index (χ1n) is 7.74. The van der Waals surface area contributed by atoms with Crippen LogP contribution in [-0.2, 0) is 11.0 Å². The van der Waals surface area contributed by atoms with Crippen LogP contribution in [0.25, 0.3) is 10.8 Å². The van der Waals surface area contributed by atoms with Crippen molar-refractivity contribution in [1.29, 1.82) is 0 Å². The van der Waals surface area contributed by atoms with E-state index >= 15 is 0 Å². The fraction of sp³-hybridized carbons (Fsp3) is 0.222. The molecular formula is C18H13F3N2O2. The lowest BCUT2D eigenvalue weighted by Crippen LogP contribution is -2.51. The van der Waals surface area contributed by atoms with Gasteiger partial charge in [-0.2, -0.15) is 13.2 Å². The summed E-state index contributed by atoms with van der Waals surface area (Å²) in [5.74, 6) is -0.821. The number of piperidine rings is 1. The summed E-state index contributed by atoms with van der Waals surface area (Å²) >= 11 is 0. The van der Waals surface area contributed by atoms with Crippen LogP contribution in [0.2, 0.25) is 0 Å². The number of hydrogen-bond acceptors (Lipinski definition) is 2. The Balaban J connectivity index is 1.90. The van der Waals surface area contributed by atoms with Crippen LogP contribution in [0.1, 0.15) is 28.8 Å². The molecule has 1 atom stereocenters. The van der Waals surface area contributed by atoms with Crippen LogP contribution in [0.5, 0.6) is 0 Å². The number of carbonyl (C=O) groups excluding carboxylic acids is 2. The Morgan fingerprint density at radius 3 is 2.60 bits per heavy atom. The zero-order valence-corrected chi connectivity index (χ0v) is 13.0. The molecule has 0 saturated carbocycles. The van der Waals surface area contributed by atoms with Gasteiger partial charge in [0.25, 0.3) is 5.91 Å². The lowest BCUT2D eigenvalue weighted by atomic mass is 9.99. The Labute approximate surface area is 140 Å². The number of nitrogens with zero attached hydrogens (tertiary/aromatic N) is 1. The van der Waals surface area contributed by atoms with Crippen LogP contribution in [0, 0.1) is 0 Å². The second-order valence-corrected chi connectivity index (χ2v) is 6.18. The number of anilines is 1. The van der Waals surface area contributed by atoms with Crippen LogP contribution in [0.15, 0.2) is 42.6 Å². The second kappa shape index (κ2) is 5.08. The molecule has 2 aliphatic heterocycles. The number of alkyl halides is 3. The lowest BCUT2D eigenvalue weighted by molar-refractivity contribution is -0.136. The Bertz CT molecular complexity index is 949. The van der Waals surface area contributed by atoms with E-state index in [-0.39, 0.29) is 22.2 Å². The molecule has 2 aromatic carbocycles. The van der Waals surface area contributed by atoms with Gasteiger partial charge in [-0.25, -0.2) is 0 Å². The molecule has 1 unspecified atom stereocenters. The standard InChI is InChI=1S/C18H13F3N2O2/c1-9-5-8-14(16(24)22-9)23-13-4-2-3-10-12(18(19,20)21)7-6-11(15(10)13)17(23)25/h2-4,6-7,14H,1,5,8H2,(H,22,24). The predicted molar refractivity (Wildman–Crippen MR) is 86.1 cm³/mol. The largest absolute Gasteiger partial charge is 0.417 e. The summed E-state index contributed by atoms with van der Waals surface area (Å²) in [6.45, 7) is 3.70. The summed E-state index contributed by atoms with van der Waals surface area (Å²) in [4.78, 5) is 26.4. The molecule has 1 N–H and O–H groups in total. The smallest absolute Gasteiger partial charge is 0.329 e. The van der Waals surface area contributed by atoms with Crippen LogP contribution < -0.4 is 10.2 Å². The zero-order valence-electron chi connectivity index (χ0n) is 13.0. The van der Waals surface area contributed by atoms with E-state index < -0.39 is 23.7 Å². The van der Waals surface area contributed by atoms with E-state index in [9.17, 15) is 22.8 Å². The van der Waals surface area contributed by atoms with Gasteiger partial charge in [0.15, 0.2) is 0 Å². The highest BCUT2D eigenvalue weighted by atomic mass is 19.4. The third-order valence-corrected chi connectivity index (χ3v) is 4.67. The number of carbonyl (C=O) groups is 2. The Kier molecular flexibility index (Phi) is 3.19. The zero-order chi connectivity index (χ0) is 17.9. The quantitative estimate of drug-likeness (QED) is 0.858. The van der Waals surface area contributed by atoms with E-state index in [4.69, 9.17) is 0 Å². The first-order chi connectivity index (χ1) is 11.8. The topological polar surface area (TPSA) is 49.4 Å². The van der Waals surface area contributed by atoms with Gasteiger partial charge >= 0.3 is 6.18 Å². The summed E-state index contributed by atoms with van der Waals surface area (Å²) in [7, 11) is 0. The maximum Gasteiger partial charge on any atom is 0.417 e. The van der Waals surface area contributed by atoms with Gasteiger partial charge in [0.1, 0.15) is 6.04 Å². The molecule has 2 aliphatic rings. The average Bonchev–Trinajstić information content (AvgIpc) is 2.82. The molecule has 1 fully saturated rings. The van der Waals surface area contributed by atoms with Crippen molar-refractivity contribution >= 4 is 28.3 Å². The molecule has 0 bridgehead atoms. The normalized spacial score (nSPS) is 20.4. The summed E-state index contributed by atoms with van der Waals surface area (Å²) in [6, 6.07) is 5.76.